The molecule has 0 spiro atoms. The van der Waals surface area contributed by atoms with E-state index in [1.54, 1.807) is 31.1 Å². The lowest BCUT2D eigenvalue weighted by Gasteiger charge is -2.14. The number of hydrogen-bond donors (Lipinski definition) is 0. The van der Waals surface area contributed by atoms with Crippen molar-refractivity contribution in [3.63, 3.8) is 0 Å². The third-order valence-electron chi connectivity index (χ3n) is 1.42. The second-order valence-electron chi connectivity index (χ2n) is 2.20. The van der Waals surface area contributed by atoms with Gasteiger partial charge in [0.2, 0.25) is 0 Å². The molecule has 2 rings (SSSR count). The molecule has 12 heavy (non-hydrogen) atoms. The Morgan fingerprint density at radius 2 is 2.08 bits per heavy atom. The number of anilines is 1. The molecule has 4 heteroatoms. The molecule has 0 unspecified atom stereocenters. The molecule has 0 saturated carbocycles. The van der Waals surface area contributed by atoms with E-state index in [1.165, 1.54) is 0 Å². The van der Waals surface area contributed by atoms with E-state index in [9.17, 15) is 0 Å². The number of nitrogens with zero attached hydrogens (tertiary/aromatic N) is 3. The predicted molar refractivity (Wildman–Crippen MR) is 43.9 cm³/mol. The normalized spacial score (nSPS) is 14.5. The Balaban J connectivity index is 2.25. The SMILES string of the molecule is C1=CN(c2cccnn2)C=CO1. The topological polar surface area (TPSA) is 38.2 Å². The molecular weight excluding hydrogens is 154 g/mol. The summed E-state index contributed by atoms with van der Waals surface area (Å²) in [5, 5.41) is 7.68. The summed E-state index contributed by atoms with van der Waals surface area (Å²) in [5.74, 6) is 0.772. The Labute approximate surface area is 69.8 Å². The maximum absolute atomic E-state index is 4.87. The van der Waals surface area contributed by atoms with Crippen LogP contribution in [-0.2, 0) is 4.74 Å². The highest BCUT2D eigenvalue weighted by molar-refractivity contribution is 5.44. The second-order valence-corrected chi connectivity index (χ2v) is 2.20. The molecule has 4 nitrogen and oxygen atoms in total. The van der Waals surface area contributed by atoms with E-state index in [2.05, 4.69) is 10.2 Å². The van der Waals surface area contributed by atoms with Gasteiger partial charge in [-0.3, -0.25) is 0 Å². The van der Waals surface area contributed by atoms with Crippen molar-refractivity contribution in [1.29, 1.82) is 0 Å². The summed E-state index contributed by atoms with van der Waals surface area (Å²) in [7, 11) is 0. The molecule has 1 aromatic rings. The Kier molecular flexibility index (Phi) is 1.74. The zero-order chi connectivity index (χ0) is 8.23. The number of rotatable bonds is 1. The van der Waals surface area contributed by atoms with Crippen molar-refractivity contribution in [2.24, 2.45) is 0 Å². The van der Waals surface area contributed by atoms with E-state index >= 15 is 0 Å². The maximum atomic E-state index is 4.87. The lowest BCUT2D eigenvalue weighted by atomic mass is 10.5. The Morgan fingerprint density at radius 1 is 1.25 bits per heavy atom. The van der Waals surface area contributed by atoms with Crippen LogP contribution in [0.3, 0.4) is 0 Å². The molecular formula is C8H7N3O. The zero-order valence-electron chi connectivity index (χ0n) is 6.29. The molecule has 0 aliphatic carbocycles. The first-order valence-electron chi connectivity index (χ1n) is 3.52. The van der Waals surface area contributed by atoms with E-state index < -0.39 is 0 Å². The van der Waals surface area contributed by atoms with Gasteiger partial charge in [-0.25, -0.2) is 0 Å². The van der Waals surface area contributed by atoms with Gasteiger partial charge in [-0.05, 0) is 12.1 Å². The second kappa shape index (κ2) is 3.04. The first-order chi connectivity index (χ1) is 5.97. The molecule has 0 aromatic carbocycles. The molecule has 0 saturated heterocycles. The van der Waals surface area contributed by atoms with Gasteiger partial charge in [0.25, 0.3) is 0 Å². The van der Waals surface area contributed by atoms with Crippen LogP contribution in [-0.4, -0.2) is 10.2 Å². The molecule has 1 aliphatic heterocycles. The van der Waals surface area contributed by atoms with Gasteiger partial charge in [0.15, 0.2) is 5.82 Å². The summed E-state index contributed by atoms with van der Waals surface area (Å²) >= 11 is 0. The van der Waals surface area contributed by atoms with Gasteiger partial charge in [0.1, 0.15) is 12.5 Å². The average molecular weight is 161 g/mol. The monoisotopic (exact) mass is 161 g/mol. The molecule has 0 N–H and O–H groups in total. The van der Waals surface area contributed by atoms with E-state index in [0.29, 0.717) is 0 Å². The van der Waals surface area contributed by atoms with Gasteiger partial charge in [0, 0.05) is 18.6 Å². The third-order valence-corrected chi connectivity index (χ3v) is 1.42. The summed E-state index contributed by atoms with van der Waals surface area (Å²) in [5.41, 5.74) is 0. The smallest absolute Gasteiger partial charge is 0.159 e. The predicted octanol–water partition coefficient (Wildman–Crippen LogP) is 1.26. The lowest BCUT2D eigenvalue weighted by Crippen LogP contribution is -2.11. The average Bonchev–Trinajstić information content (AvgIpc) is 2.21. The summed E-state index contributed by atoms with van der Waals surface area (Å²) in [6.45, 7) is 0. The van der Waals surface area contributed by atoms with E-state index in [1.807, 2.05) is 17.0 Å². The van der Waals surface area contributed by atoms with Gasteiger partial charge < -0.3 is 9.64 Å². The highest BCUT2D eigenvalue weighted by Gasteiger charge is 2.01. The van der Waals surface area contributed by atoms with Crippen molar-refractivity contribution in [3.05, 3.63) is 43.3 Å². The summed E-state index contributed by atoms with van der Waals surface area (Å²) in [6.07, 6.45) is 8.33. The highest BCUT2D eigenvalue weighted by Crippen LogP contribution is 2.11. The fraction of sp³-hybridized carbons (Fsp3) is 0. The fourth-order valence-electron chi connectivity index (χ4n) is 0.880. The number of aromatic nitrogens is 2. The van der Waals surface area contributed by atoms with Crippen LogP contribution in [0.15, 0.2) is 43.3 Å². The van der Waals surface area contributed by atoms with Gasteiger partial charge in [-0.1, -0.05) is 0 Å². The number of ether oxygens (including phenoxy) is 1. The van der Waals surface area contributed by atoms with Crippen molar-refractivity contribution in [2.75, 3.05) is 4.90 Å². The molecule has 60 valence electrons. The van der Waals surface area contributed by atoms with Crippen LogP contribution in [0.1, 0.15) is 0 Å². The van der Waals surface area contributed by atoms with Crippen molar-refractivity contribution < 1.29 is 4.74 Å². The summed E-state index contributed by atoms with van der Waals surface area (Å²) in [4.78, 5) is 1.82. The minimum Gasteiger partial charge on any atom is -0.470 e. The molecule has 1 aromatic heterocycles. The maximum Gasteiger partial charge on any atom is 0.159 e. The molecule has 2 heterocycles. The Bertz CT molecular complexity index is 295. The van der Waals surface area contributed by atoms with Crippen molar-refractivity contribution in [1.82, 2.24) is 10.2 Å². The molecule has 0 bridgehead atoms. The van der Waals surface area contributed by atoms with Crippen molar-refractivity contribution in [3.8, 4) is 0 Å². The third kappa shape index (κ3) is 1.27. The van der Waals surface area contributed by atoms with Crippen LogP contribution in [0.25, 0.3) is 0 Å². The molecule has 0 fully saturated rings. The highest BCUT2D eigenvalue weighted by atomic mass is 16.5. The van der Waals surface area contributed by atoms with Crippen molar-refractivity contribution in [2.45, 2.75) is 0 Å². The summed E-state index contributed by atoms with van der Waals surface area (Å²) < 4.78 is 4.87. The van der Waals surface area contributed by atoms with Gasteiger partial charge in [-0.2, -0.15) is 5.10 Å². The lowest BCUT2D eigenvalue weighted by molar-refractivity contribution is 0.393. The first-order valence-corrected chi connectivity index (χ1v) is 3.52. The minimum atomic E-state index is 0.772. The Morgan fingerprint density at radius 3 is 2.75 bits per heavy atom. The van der Waals surface area contributed by atoms with Gasteiger partial charge in [-0.15, -0.1) is 5.10 Å². The minimum absolute atomic E-state index is 0.772. The molecule has 1 aliphatic rings. The van der Waals surface area contributed by atoms with Crippen LogP contribution >= 0.6 is 0 Å². The van der Waals surface area contributed by atoms with Crippen LogP contribution in [0, 0.1) is 0 Å². The quantitative estimate of drug-likeness (QED) is 0.621. The zero-order valence-corrected chi connectivity index (χ0v) is 6.29. The number of hydrogen-bond acceptors (Lipinski definition) is 4. The molecule has 0 amide bonds. The fourth-order valence-corrected chi connectivity index (χ4v) is 0.880. The van der Waals surface area contributed by atoms with E-state index in [0.717, 1.165) is 5.82 Å². The van der Waals surface area contributed by atoms with Crippen LogP contribution in [0.5, 0.6) is 0 Å². The van der Waals surface area contributed by atoms with Crippen molar-refractivity contribution >= 4 is 5.82 Å². The van der Waals surface area contributed by atoms with Crippen LogP contribution < -0.4 is 4.90 Å². The van der Waals surface area contributed by atoms with Crippen LogP contribution in [0.4, 0.5) is 5.82 Å². The molecule has 0 atom stereocenters. The Hall–Kier alpha value is -1.84. The standard InChI is InChI=1S/C8H7N3O/c1-2-8(10-9-3-1)11-4-6-12-7-5-11/h1-7H. The largest absolute Gasteiger partial charge is 0.470 e. The van der Waals surface area contributed by atoms with E-state index in [-0.39, 0.29) is 0 Å². The molecule has 0 radical (unpaired) electrons. The van der Waals surface area contributed by atoms with Gasteiger partial charge in [0.05, 0.1) is 0 Å². The van der Waals surface area contributed by atoms with E-state index in [4.69, 9.17) is 4.74 Å². The summed E-state index contributed by atoms with van der Waals surface area (Å²) in [6, 6.07) is 3.70. The van der Waals surface area contributed by atoms with Crippen LogP contribution in [0.2, 0.25) is 0 Å². The van der Waals surface area contributed by atoms with Gasteiger partial charge >= 0.3 is 0 Å². The first kappa shape index (κ1) is 6.84.